The van der Waals surface area contributed by atoms with E-state index in [0.717, 1.165) is 23.1 Å². The minimum absolute atomic E-state index is 0.0956. The molecule has 5 rings (SSSR count). The standard InChI is InChI=1S/C25H20ClF3N4O2S/c26-19-9-10-21-22(16-19)30-23(17-5-2-1-3-6-17)31-24(21)32-11-13-33(14-12-32)36(34,35)20-8-4-7-18(15-20)25(27,28)29/h1-10,15-16H,11-14H2. The van der Waals surface area contributed by atoms with E-state index in [9.17, 15) is 21.6 Å². The van der Waals surface area contributed by atoms with E-state index in [-0.39, 0.29) is 18.0 Å². The summed E-state index contributed by atoms with van der Waals surface area (Å²) in [6, 6.07) is 18.6. The number of rotatable bonds is 4. The van der Waals surface area contributed by atoms with Crippen LogP contribution in [0.25, 0.3) is 22.3 Å². The largest absolute Gasteiger partial charge is 0.416 e. The quantitative estimate of drug-likeness (QED) is 0.348. The van der Waals surface area contributed by atoms with Gasteiger partial charge in [-0.05, 0) is 36.4 Å². The smallest absolute Gasteiger partial charge is 0.353 e. The Labute approximate surface area is 211 Å². The minimum atomic E-state index is -4.63. The molecule has 0 atom stereocenters. The van der Waals surface area contributed by atoms with Crippen molar-refractivity contribution in [1.29, 1.82) is 0 Å². The summed E-state index contributed by atoms with van der Waals surface area (Å²) < 4.78 is 66.7. The van der Waals surface area contributed by atoms with Crippen LogP contribution >= 0.6 is 11.6 Å². The maximum atomic E-state index is 13.1. The van der Waals surface area contributed by atoms with Crippen molar-refractivity contribution < 1.29 is 21.6 Å². The molecule has 3 aromatic carbocycles. The molecule has 0 unspecified atom stereocenters. The predicted octanol–water partition coefficient (Wildman–Crippen LogP) is 5.48. The van der Waals surface area contributed by atoms with Gasteiger partial charge in [-0.1, -0.05) is 48.0 Å². The zero-order valence-electron chi connectivity index (χ0n) is 18.8. The molecule has 0 N–H and O–H groups in total. The Hall–Kier alpha value is -3.21. The van der Waals surface area contributed by atoms with Gasteiger partial charge in [0.05, 0.1) is 16.0 Å². The number of fused-ring (bicyclic) bond motifs is 1. The number of benzene rings is 3. The topological polar surface area (TPSA) is 66.4 Å². The molecule has 0 saturated carbocycles. The highest BCUT2D eigenvalue weighted by atomic mass is 35.5. The number of piperazine rings is 1. The van der Waals surface area contributed by atoms with Gasteiger partial charge in [0, 0.05) is 42.2 Å². The van der Waals surface area contributed by atoms with Crippen molar-refractivity contribution in [2.45, 2.75) is 11.1 Å². The lowest BCUT2D eigenvalue weighted by molar-refractivity contribution is -0.137. The molecular weight excluding hydrogens is 513 g/mol. The van der Waals surface area contributed by atoms with E-state index in [4.69, 9.17) is 16.6 Å². The molecule has 1 aliphatic heterocycles. The average Bonchev–Trinajstić information content (AvgIpc) is 2.88. The Kier molecular flexibility index (Phi) is 6.36. The predicted molar refractivity (Wildman–Crippen MR) is 132 cm³/mol. The van der Waals surface area contributed by atoms with Crippen LogP contribution in [0.4, 0.5) is 19.0 Å². The lowest BCUT2D eigenvalue weighted by atomic mass is 10.1. The maximum Gasteiger partial charge on any atom is 0.416 e. The Morgan fingerprint density at radius 2 is 1.56 bits per heavy atom. The number of aromatic nitrogens is 2. The molecule has 1 aromatic heterocycles. The van der Waals surface area contributed by atoms with Gasteiger partial charge in [-0.25, -0.2) is 18.4 Å². The number of hydrogen-bond acceptors (Lipinski definition) is 5. The molecule has 0 amide bonds. The lowest BCUT2D eigenvalue weighted by Gasteiger charge is -2.35. The number of sulfonamides is 1. The van der Waals surface area contributed by atoms with E-state index in [0.29, 0.717) is 41.3 Å². The summed E-state index contributed by atoms with van der Waals surface area (Å²) in [6.45, 7) is 0.805. The van der Waals surface area contributed by atoms with Crippen LogP contribution in [0.5, 0.6) is 0 Å². The molecule has 0 radical (unpaired) electrons. The summed E-state index contributed by atoms with van der Waals surface area (Å²) in [4.78, 5) is 11.0. The first-order valence-corrected chi connectivity index (χ1v) is 12.9. The maximum absolute atomic E-state index is 13.1. The molecule has 0 aliphatic carbocycles. The van der Waals surface area contributed by atoms with Crippen molar-refractivity contribution in [3.63, 3.8) is 0 Å². The Balaban J connectivity index is 1.44. The summed E-state index contributed by atoms with van der Waals surface area (Å²) >= 11 is 6.20. The van der Waals surface area contributed by atoms with E-state index >= 15 is 0 Å². The van der Waals surface area contributed by atoms with Gasteiger partial charge < -0.3 is 4.90 Å². The number of halogens is 4. The van der Waals surface area contributed by atoms with Crippen molar-refractivity contribution in [2.24, 2.45) is 0 Å². The van der Waals surface area contributed by atoms with Crippen LogP contribution in [-0.4, -0.2) is 48.9 Å². The molecule has 4 aromatic rings. The third-order valence-electron chi connectivity index (χ3n) is 6.01. The van der Waals surface area contributed by atoms with Crippen LogP contribution in [0.1, 0.15) is 5.56 Å². The Bertz CT molecular complexity index is 1520. The molecular formula is C25H20ClF3N4O2S. The summed E-state index contributed by atoms with van der Waals surface area (Å²) in [6.07, 6.45) is -4.63. The fourth-order valence-electron chi connectivity index (χ4n) is 4.17. The number of anilines is 1. The second-order valence-electron chi connectivity index (χ2n) is 8.32. The van der Waals surface area contributed by atoms with E-state index < -0.39 is 21.8 Å². The van der Waals surface area contributed by atoms with Gasteiger partial charge in [0.15, 0.2) is 5.82 Å². The zero-order chi connectivity index (χ0) is 25.5. The fraction of sp³-hybridized carbons (Fsp3) is 0.200. The van der Waals surface area contributed by atoms with E-state index in [1.54, 1.807) is 12.1 Å². The Morgan fingerprint density at radius 1 is 0.833 bits per heavy atom. The molecule has 6 nitrogen and oxygen atoms in total. The van der Waals surface area contributed by atoms with Crippen LogP contribution in [0, 0.1) is 0 Å². The summed E-state index contributed by atoms with van der Waals surface area (Å²) in [7, 11) is -4.09. The fourth-order valence-corrected chi connectivity index (χ4v) is 5.80. The summed E-state index contributed by atoms with van der Waals surface area (Å²) in [5.41, 5.74) is 0.485. The van der Waals surface area contributed by atoms with Gasteiger partial charge in [-0.3, -0.25) is 0 Å². The molecule has 0 spiro atoms. The van der Waals surface area contributed by atoms with E-state index in [2.05, 4.69) is 4.98 Å². The van der Waals surface area contributed by atoms with Gasteiger partial charge in [0.2, 0.25) is 10.0 Å². The number of alkyl halides is 3. The van der Waals surface area contributed by atoms with E-state index in [1.807, 2.05) is 41.3 Å². The van der Waals surface area contributed by atoms with Crippen molar-refractivity contribution in [2.75, 3.05) is 31.1 Å². The first-order chi connectivity index (χ1) is 17.1. The third kappa shape index (κ3) is 4.76. The first kappa shape index (κ1) is 24.5. The second-order valence-corrected chi connectivity index (χ2v) is 10.7. The van der Waals surface area contributed by atoms with Crippen LogP contribution in [0.15, 0.2) is 77.7 Å². The van der Waals surface area contributed by atoms with Crippen LogP contribution < -0.4 is 4.90 Å². The highest BCUT2D eigenvalue weighted by molar-refractivity contribution is 7.89. The molecule has 186 valence electrons. The van der Waals surface area contributed by atoms with Crippen molar-refractivity contribution >= 4 is 38.3 Å². The number of nitrogens with zero attached hydrogens (tertiary/aromatic N) is 4. The average molecular weight is 533 g/mol. The third-order valence-corrected chi connectivity index (χ3v) is 8.14. The Morgan fingerprint density at radius 3 is 2.25 bits per heavy atom. The van der Waals surface area contributed by atoms with Crippen molar-refractivity contribution in [3.8, 4) is 11.4 Å². The SMILES string of the molecule is O=S(=O)(c1cccc(C(F)(F)F)c1)N1CCN(c2nc(-c3ccccc3)nc3cc(Cl)ccc23)CC1. The van der Waals surface area contributed by atoms with E-state index in [1.165, 1.54) is 10.4 Å². The molecule has 1 fully saturated rings. The van der Waals surface area contributed by atoms with Gasteiger partial charge in [0.25, 0.3) is 0 Å². The van der Waals surface area contributed by atoms with Gasteiger partial charge >= 0.3 is 6.18 Å². The highest BCUT2D eigenvalue weighted by Gasteiger charge is 2.34. The summed E-state index contributed by atoms with van der Waals surface area (Å²) in [5, 5.41) is 1.30. The minimum Gasteiger partial charge on any atom is -0.353 e. The second kappa shape index (κ2) is 9.34. The molecule has 36 heavy (non-hydrogen) atoms. The normalized spacial score (nSPS) is 15.4. The van der Waals surface area contributed by atoms with Gasteiger partial charge in [-0.15, -0.1) is 0 Å². The monoisotopic (exact) mass is 532 g/mol. The lowest BCUT2D eigenvalue weighted by Crippen LogP contribution is -2.49. The molecule has 1 aliphatic rings. The first-order valence-electron chi connectivity index (χ1n) is 11.1. The number of hydrogen-bond donors (Lipinski definition) is 0. The van der Waals surface area contributed by atoms with Crippen molar-refractivity contribution in [1.82, 2.24) is 14.3 Å². The zero-order valence-corrected chi connectivity index (χ0v) is 20.4. The van der Waals surface area contributed by atoms with Crippen LogP contribution in [0.3, 0.4) is 0 Å². The van der Waals surface area contributed by atoms with Crippen LogP contribution in [-0.2, 0) is 16.2 Å². The molecule has 0 bridgehead atoms. The highest BCUT2D eigenvalue weighted by Crippen LogP contribution is 2.33. The van der Waals surface area contributed by atoms with Gasteiger partial charge in [0.1, 0.15) is 5.82 Å². The van der Waals surface area contributed by atoms with Gasteiger partial charge in [-0.2, -0.15) is 17.5 Å². The molecule has 1 saturated heterocycles. The molecule has 2 heterocycles. The van der Waals surface area contributed by atoms with Crippen molar-refractivity contribution in [3.05, 3.63) is 83.4 Å². The molecule has 11 heteroatoms. The van der Waals surface area contributed by atoms with Crippen LogP contribution in [0.2, 0.25) is 5.02 Å². The summed E-state index contributed by atoms with van der Waals surface area (Å²) in [5.74, 6) is 1.16.